The Labute approximate surface area is 154 Å². The van der Waals surface area contributed by atoms with E-state index in [0.717, 1.165) is 33.9 Å². The van der Waals surface area contributed by atoms with Crippen molar-refractivity contribution in [2.45, 2.75) is 19.8 Å². The molecule has 0 atom stereocenters. The fourth-order valence-electron chi connectivity index (χ4n) is 2.85. The van der Waals surface area contributed by atoms with E-state index in [2.05, 4.69) is 0 Å². The van der Waals surface area contributed by atoms with Crippen LogP contribution in [0.15, 0.2) is 72.8 Å². The summed E-state index contributed by atoms with van der Waals surface area (Å²) in [5.74, 6) is 2.56. The maximum absolute atomic E-state index is 12.4. The second-order valence-electron chi connectivity index (χ2n) is 6.26. The normalized spacial score (nSPS) is 10.4. The number of para-hydroxylation sites is 1. The second-order valence-corrected chi connectivity index (χ2v) is 6.26. The molecule has 0 amide bonds. The largest absolute Gasteiger partial charge is 0.497 e. The molecule has 0 saturated carbocycles. The molecule has 0 saturated heterocycles. The molecule has 26 heavy (non-hydrogen) atoms. The van der Waals surface area contributed by atoms with Gasteiger partial charge in [0.2, 0.25) is 0 Å². The molecule has 3 aromatic carbocycles. The fourth-order valence-corrected chi connectivity index (χ4v) is 2.85. The van der Waals surface area contributed by atoms with Crippen LogP contribution in [-0.2, 0) is 17.6 Å². The van der Waals surface area contributed by atoms with Crippen LogP contribution < -0.4 is 9.47 Å². The van der Waals surface area contributed by atoms with Crippen molar-refractivity contribution < 1.29 is 14.3 Å². The van der Waals surface area contributed by atoms with E-state index in [1.807, 2.05) is 79.7 Å². The number of ether oxygens (including phenoxy) is 2. The topological polar surface area (TPSA) is 35.5 Å². The van der Waals surface area contributed by atoms with Gasteiger partial charge in [-0.1, -0.05) is 42.5 Å². The number of hydrogen-bond donors (Lipinski definition) is 0. The van der Waals surface area contributed by atoms with E-state index in [-0.39, 0.29) is 5.78 Å². The molecule has 0 aliphatic heterocycles. The highest BCUT2D eigenvalue weighted by Crippen LogP contribution is 2.26. The zero-order valence-corrected chi connectivity index (χ0v) is 15.1. The SMILES string of the molecule is COc1cccc(CC(=O)Cc2ccc(Oc3ccccc3)c(C)c2)c1. The molecule has 3 nitrogen and oxygen atoms in total. The molecule has 3 rings (SSSR count). The van der Waals surface area contributed by atoms with Gasteiger partial charge in [-0.25, -0.2) is 0 Å². The maximum Gasteiger partial charge on any atom is 0.141 e. The summed E-state index contributed by atoms with van der Waals surface area (Å²) in [6, 6.07) is 23.2. The predicted molar refractivity (Wildman–Crippen MR) is 103 cm³/mol. The highest BCUT2D eigenvalue weighted by Gasteiger charge is 2.09. The van der Waals surface area contributed by atoms with E-state index in [0.29, 0.717) is 12.8 Å². The molecule has 0 N–H and O–H groups in total. The first-order valence-electron chi connectivity index (χ1n) is 8.61. The van der Waals surface area contributed by atoms with Crippen molar-refractivity contribution in [3.63, 3.8) is 0 Å². The van der Waals surface area contributed by atoms with Gasteiger partial charge >= 0.3 is 0 Å². The van der Waals surface area contributed by atoms with Crippen LogP contribution in [0.1, 0.15) is 16.7 Å². The predicted octanol–water partition coefficient (Wildman–Crippen LogP) is 5.15. The molecule has 3 heteroatoms. The summed E-state index contributed by atoms with van der Waals surface area (Å²) in [5.41, 5.74) is 2.98. The Hall–Kier alpha value is -3.07. The van der Waals surface area contributed by atoms with Crippen molar-refractivity contribution in [2.75, 3.05) is 7.11 Å². The van der Waals surface area contributed by atoms with Crippen molar-refractivity contribution in [1.82, 2.24) is 0 Å². The Morgan fingerprint density at radius 2 is 1.50 bits per heavy atom. The number of aryl methyl sites for hydroxylation is 1. The Morgan fingerprint density at radius 3 is 2.19 bits per heavy atom. The molecule has 0 aromatic heterocycles. The van der Waals surface area contributed by atoms with Crippen LogP contribution in [0, 0.1) is 6.92 Å². The summed E-state index contributed by atoms with van der Waals surface area (Å²) in [4.78, 5) is 12.4. The molecule has 132 valence electrons. The lowest BCUT2D eigenvalue weighted by molar-refractivity contribution is -0.117. The number of ketones is 1. The number of carbonyl (C=O) groups is 1. The summed E-state index contributed by atoms with van der Waals surface area (Å²) in [7, 11) is 1.63. The van der Waals surface area contributed by atoms with Crippen LogP contribution in [0.4, 0.5) is 0 Å². The minimum Gasteiger partial charge on any atom is -0.497 e. The molecular formula is C23H22O3. The minimum atomic E-state index is 0.175. The van der Waals surface area contributed by atoms with Crippen LogP contribution in [0.25, 0.3) is 0 Å². The number of benzene rings is 3. The van der Waals surface area contributed by atoms with Crippen LogP contribution in [0.5, 0.6) is 17.2 Å². The molecule has 0 heterocycles. The standard InChI is InChI=1S/C23H22O3/c1-17-13-19(11-12-23(17)26-21-8-4-3-5-9-21)15-20(24)14-18-7-6-10-22(16-18)25-2/h3-13,16H,14-15H2,1-2H3. The third kappa shape index (κ3) is 4.73. The number of methoxy groups -OCH3 is 1. The van der Waals surface area contributed by atoms with Gasteiger partial charge in [0.15, 0.2) is 0 Å². The lowest BCUT2D eigenvalue weighted by atomic mass is 10.0. The number of rotatable bonds is 7. The number of carbonyl (C=O) groups excluding carboxylic acids is 1. The molecule has 0 unspecified atom stereocenters. The zero-order valence-electron chi connectivity index (χ0n) is 15.1. The van der Waals surface area contributed by atoms with Crippen molar-refractivity contribution in [3.8, 4) is 17.2 Å². The van der Waals surface area contributed by atoms with Gasteiger partial charge in [0.05, 0.1) is 7.11 Å². The van der Waals surface area contributed by atoms with Crippen LogP contribution in [0.3, 0.4) is 0 Å². The van der Waals surface area contributed by atoms with Crippen LogP contribution in [0.2, 0.25) is 0 Å². The summed E-state index contributed by atoms with van der Waals surface area (Å²) in [6.45, 7) is 1.99. The van der Waals surface area contributed by atoms with Gasteiger partial charge in [-0.3, -0.25) is 4.79 Å². The van der Waals surface area contributed by atoms with Gasteiger partial charge in [-0.15, -0.1) is 0 Å². The van der Waals surface area contributed by atoms with E-state index in [1.165, 1.54) is 0 Å². The van der Waals surface area contributed by atoms with E-state index in [9.17, 15) is 4.79 Å². The van der Waals surface area contributed by atoms with E-state index in [4.69, 9.17) is 9.47 Å². The highest BCUT2D eigenvalue weighted by atomic mass is 16.5. The van der Waals surface area contributed by atoms with E-state index < -0.39 is 0 Å². The third-order valence-corrected chi connectivity index (χ3v) is 4.15. The smallest absolute Gasteiger partial charge is 0.141 e. The van der Waals surface area contributed by atoms with Crippen LogP contribution in [-0.4, -0.2) is 12.9 Å². The Kier molecular flexibility index (Phi) is 5.69. The molecule has 3 aromatic rings. The molecule has 0 spiro atoms. The van der Waals surface area contributed by atoms with E-state index >= 15 is 0 Å². The molecule has 0 fully saturated rings. The van der Waals surface area contributed by atoms with Gasteiger partial charge in [0.1, 0.15) is 23.0 Å². The third-order valence-electron chi connectivity index (χ3n) is 4.15. The van der Waals surface area contributed by atoms with Gasteiger partial charge < -0.3 is 9.47 Å². The monoisotopic (exact) mass is 346 g/mol. The first kappa shape index (κ1) is 17.7. The Morgan fingerprint density at radius 1 is 0.808 bits per heavy atom. The van der Waals surface area contributed by atoms with Gasteiger partial charge in [-0.05, 0) is 53.9 Å². The van der Waals surface area contributed by atoms with Crippen molar-refractivity contribution in [3.05, 3.63) is 89.5 Å². The molecule has 0 bridgehead atoms. The molecular weight excluding hydrogens is 324 g/mol. The Balaban J connectivity index is 1.64. The highest BCUT2D eigenvalue weighted by molar-refractivity contribution is 5.83. The molecule has 0 radical (unpaired) electrons. The average Bonchev–Trinajstić information content (AvgIpc) is 2.65. The quantitative estimate of drug-likeness (QED) is 0.593. The van der Waals surface area contributed by atoms with Crippen molar-refractivity contribution in [1.29, 1.82) is 0 Å². The lowest BCUT2D eigenvalue weighted by Gasteiger charge is -2.10. The summed E-state index contributed by atoms with van der Waals surface area (Å²) < 4.78 is 11.1. The average molecular weight is 346 g/mol. The molecule has 0 aliphatic rings. The first-order chi connectivity index (χ1) is 12.6. The van der Waals surface area contributed by atoms with Crippen LogP contribution >= 0.6 is 0 Å². The zero-order chi connectivity index (χ0) is 18.4. The van der Waals surface area contributed by atoms with Crippen molar-refractivity contribution in [2.24, 2.45) is 0 Å². The first-order valence-corrected chi connectivity index (χ1v) is 8.61. The van der Waals surface area contributed by atoms with Gasteiger partial charge in [0, 0.05) is 12.8 Å². The summed E-state index contributed by atoms with van der Waals surface area (Å²) in [5, 5.41) is 0. The van der Waals surface area contributed by atoms with Gasteiger partial charge in [0.25, 0.3) is 0 Å². The second kappa shape index (κ2) is 8.34. The summed E-state index contributed by atoms with van der Waals surface area (Å²) in [6.07, 6.45) is 0.808. The maximum atomic E-state index is 12.4. The minimum absolute atomic E-state index is 0.175. The number of hydrogen-bond acceptors (Lipinski definition) is 3. The summed E-state index contributed by atoms with van der Waals surface area (Å²) >= 11 is 0. The molecule has 0 aliphatic carbocycles. The number of Topliss-reactive ketones (excluding diaryl/α,β-unsaturated/α-hetero) is 1. The van der Waals surface area contributed by atoms with E-state index in [1.54, 1.807) is 7.11 Å². The van der Waals surface area contributed by atoms with Gasteiger partial charge in [-0.2, -0.15) is 0 Å². The fraction of sp³-hybridized carbons (Fsp3) is 0.174. The van der Waals surface area contributed by atoms with Crippen molar-refractivity contribution >= 4 is 5.78 Å². The Bertz CT molecular complexity index is 885. The lowest BCUT2D eigenvalue weighted by Crippen LogP contribution is -2.07.